The van der Waals surface area contributed by atoms with E-state index in [1.54, 1.807) is 12.1 Å². The SMILES string of the molecule is O=C1CCCCC1(CO)c1ccc(Cl)cc1. The Bertz CT molecular complexity index is 385. The number of aliphatic hydroxyl groups excluding tert-OH is 1. The predicted molar refractivity (Wildman–Crippen MR) is 63.7 cm³/mol. The molecule has 0 saturated heterocycles. The van der Waals surface area contributed by atoms with E-state index in [-0.39, 0.29) is 12.4 Å². The van der Waals surface area contributed by atoms with E-state index in [4.69, 9.17) is 11.6 Å². The minimum Gasteiger partial charge on any atom is -0.395 e. The number of carbonyl (C=O) groups is 1. The number of carbonyl (C=O) groups excluding carboxylic acids is 1. The van der Waals surface area contributed by atoms with Crippen LogP contribution < -0.4 is 0 Å². The van der Waals surface area contributed by atoms with Crippen molar-refractivity contribution in [1.82, 2.24) is 0 Å². The Hall–Kier alpha value is -0.860. The Labute approximate surface area is 100 Å². The van der Waals surface area contributed by atoms with Gasteiger partial charge in [0.1, 0.15) is 5.78 Å². The molecule has 1 atom stereocenters. The second kappa shape index (κ2) is 4.56. The summed E-state index contributed by atoms with van der Waals surface area (Å²) in [5.41, 5.74) is 0.215. The normalized spacial score (nSPS) is 25.8. The smallest absolute Gasteiger partial charge is 0.145 e. The average molecular weight is 239 g/mol. The molecule has 1 aliphatic rings. The molecule has 2 nitrogen and oxygen atoms in total. The summed E-state index contributed by atoms with van der Waals surface area (Å²) in [6.07, 6.45) is 3.25. The van der Waals surface area contributed by atoms with E-state index in [0.717, 1.165) is 24.8 Å². The molecule has 1 unspecified atom stereocenters. The molecule has 0 amide bonds. The van der Waals surface area contributed by atoms with Gasteiger partial charge >= 0.3 is 0 Å². The van der Waals surface area contributed by atoms with Crippen LogP contribution in [-0.4, -0.2) is 17.5 Å². The fraction of sp³-hybridized carbons (Fsp3) is 0.462. The van der Waals surface area contributed by atoms with Gasteiger partial charge in [0.25, 0.3) is 0 Å². The molecule has 0 aromatic heterocycles. The molecule has 0 bridgehead atoms. The van der Waals surface area contributed by atoms with Crippen LogP contribution in [-0.2, 0) is 10.2 Å². The van der Waals surface area contributed by atoms with Crippen molar-refractivity contribution in [3.63, 3.8) is 0 Å². The summed E-state index contributed by atoms with van der Waals surface area (Å²) < 4.78 is 0. The number of hydrogen-bond donors (Lipinski definition) is 1. The van der Waals surface area contributed by atoms with Crippen molar-refractivity contribution in [3.05, 3.63) is 34.9 Å². The number of ketones is 1. The molecule has 1 saturated carbocycles. The average Bonchev–Trinajstić information content (AvgIpc) is 2.31. The van der Waals surface area contributed by atoms with Gasteiger partial charge in [-0.3, -0.25) is 4.79 Å². The Morgan fingerprint density at radius 2 is 1.94 bits per heavy atom. The lowest BCUT2D eigenvalue weighted by Gasteiger charge is -2.34. The Morgan fingerprint density at radius 3 is 2.50 bits per heavy atom. The number of rotatable bonds is 2. The molecular weight excluding hydrogens is 224 g/mol. The summed E-state index contributed by atoms with van der Waals surface area (Å²) in [7, 11) is 0. The second-order valence-electron chi connectivity index (χ2n) is 4.38. The lowest BCUT2D eigenvalue weighted by molar-refractivity contribution is -0.128. The number of Topliss-reactive ketones (excluding diaryl/α,β-unsaturated/α-hetero) is 1. The molecule has 0 heterocycles. The fourth-order valence-corrected chi connectivity index (χ4v) is 2.55. The standard InChI is InChI=1S/C13H15ClO2/c14-11-6-4-10(5-7-11)13(9-15)8-2-1-3-12(13)16/h4-7,15H,1-3,8-9H2. The Balaban J connectivity index is 2.40. The van der Waals surface area contributed by atoms with Gasteiger partial charge in [0.05, 0.1) is 12.0 Å². The van der Waals surface area contributed by atoms with Crippen molar-refractivity contribution in [2.24, 2.45) is 0 Å². The van der Waals surface area contributed by atoms with Crippen LogP contribution in [0.1, 0.15) is 31.2 Å². The van der Waals surface area contributed by atoms with Crippen LogP contribution in [0.25, 0.3) is 0 Å². The van der Waals surface area contributed by atoms with Crippen molar-refractivity contribution < 1.29 is 9.90 Å². The lowest BCUT2D eigenvalue weighted by Crippen LogP contribution is -2.41. The van der Waals surface area contributed by atoms with E-state index in [1.807, 2.05) is 12.1 Å². The van der Waals surface area contributed by atoms with Crippen molar-refractivity contribution >= 4 is 17.4 Å². The minimum absolute atomic E-state index is 0.104. The van der Waals surface area contributed by atoms with E-state index < -0.39 is 5.41 Å². The third-order valence-electron chi connectivity index (χ3n) is 3.46. The van der Waals surface area contributed by atoms with Gasteiger partial charge in [0, 0.05) is 11.4 Å². The van der Waals surface area contributed by atoms with Gasteiger partial charge in [-0.2, -0.15) is 0 Å². The van der Waals surface area contributed by atoms with Gasteiger partial charge in [-0.1, -0.05) is 30.2 Å². The van der Waals surface area contributed by atoms with E-state index >= 15 is 0 Å². The van der Waals surface area contributed by atoms with E-state index in [2.05, 4.69) is 0 Å². The molecule has 0 radical (unpaired) electrons. The largest absolute Gasteiger partial charge is 0.395 e. The van der Waals surface area contributed by atoms with E-state index in [0.29, 0.717) is 11.4 Å². The summed E-state index contributed by atoms with van der Waals surface area (Å²) in [6, 6.07) is 7.25. The van der Waals surface area contributed by atoms with Crippen LogP contribution in [0.2, 0.25) is 5.02 Å². The van der Waals surface area contributed by atoms with Crippen LogP contribution in [0.4, 0.5) is 0 Å². The highest BCUT2D eigenvalue weighted by Crippen LogP contribution is 2.36. The van der Waals surface area contributed by atoms with E-state index in [1.165, 1.54) is 0 Å². The van der Waals surface area contributed by atoms with Crippen LogP contribution >= 0.6 is 11.6 Å². The maximum atomic E-state index is 12.0. The first-order valence-corrected chi connectivity index (χ1v) is 5.97. The van der Waals surface area contributed by atoms with Crippen LogP contribution in [0, 0.1) is 0 Å². The summed E-state index contributed by atoms with van der Waals surface area (Å²) in [5, 5.41) is 10.2. The van der Waals surface area contributed by atoms with Gasteiger partial charge < -0.3 is 5.11 Å². The van der Waals surface area contributed by atoms with Gasteiger partial charge in [0.2, 0.25) is 0 Å². The lowest BCUT2D eigenvalue weighted by atomic mass is 9.69. The summed E-state index contributed by atoms with van der Waals surface area (Å²) in [6.45, 7) is -0.104. The van der Waals surface area contributed by atoms with Crippen molar-refractivity contribution in [2.75, 3.05) is 6.61 Å². The number of hydrogen-bond acceptors (Lipinski definition) is 2. The van der Waals surface area contributed by atoms with Gasteiger partial charge in [-0.15, -0.1) is 0 Å². The number of halogens is 1. The van der Waals surface area contributed by atoms with Gasteiger partial charge in [0.15, 0.2) is 0 Å². The first-order valence-electron chi connectivity index (χ1n) is 5.59. The van der Waals surface area contributed by atoms with Crippen LogP contribution in [0.5, 0.6) is 0 Å². The highest BCUT2D eigenvalue weighted by Gasteiger charge is 2.40. The summed E-state index contributed by atoms with van der Waals surface area (Å²) >= 11 is 5.83. The molecule has 0 spiro atoms. The third kappa shape index (κ3) is 1.87. The highest BCUT2D eigenvalue weighted by molar-refractivity contribution is 6.30. The molecule has 1 aromatic carbocycles. The zero-order chi connectivity index (χ0) is 11.6. The van der Waals surface area contributed by atoms with Gasteiger partial charge in [-0.05, 0) is 30.5 Å². The molecule has 3 heteroatoms. The molecule has 86 valence electrons. The molecule has 16 heavy (non-hydrogen) atoms. The van der Waals surface area contributed by atoms with Crippen molar-refractivity contribution in [3.8, 4) is 0 Å². The molecule has 1 N–H and O–H groups in total. The first-order chi connectivity index (χ1) is 7.69. The fourth-order valence-electron chi connectivity index (χ4n) is 2.42. The molecule has 0 aliphatic heterocycles. The number of benzene rings is 1. The van der Waals surface area contributed by atoms with Gasteiger partial charge in [-0.25, -0.2) is 0 Å². The van der Waals surface area contributed by atoms with Crippen molar-refractivity contribution in [2.45, 2.75) is 31.1 Å². The molecule has 1 aromatic rings. The number of aliphatic hydroxyl groups is 1. The Morgan fingerprint density at radius 1 is 1.25 bits per heavy atom. The predicted octanol–water partition coefficient (Wildman–Crippen LogP) is 2.71. The highest BCUT2D eigenvalue weighted by atomic mass is 35.5. The quantitative estimate of drug-likeness (QED) is 0.860. The maximum Gasteiger partial charge on any atom is 0.145 e. The Kier molecular flexibility index (Phi) is 3.31. The zero-order valence-electron chi connectivity index (χ0n) is 9.08. The van der Waals surface area contributed by atoms with Crippen LogP contribution in [0.15, 0.2) is 24.3 Å². The maximum absolute atomic E-state index is 12.0. The minimum atomic E-state index is -0.678. The topological polar surface area (TPSA) is 37.3 Å². The zero-order valence-corrected chi connectivity index (χ0v) is 9.83. The van der Waals surface area contributed by atoms with Crippen LogP contribution in [0.3, 0.4) is 0 Å². The molecule has 2 rings (SSSR count). The van der Waals surface area contributed by atoms with Crippen molar-refractivity contribution in [1.29, 1.82) is 0 Å². The molecule has 1 fully saturated rings. The molecule has 1 aliphatic carbocycles. The molecular formula is C13H15ClO2. The monoisotopic (exact) mass is 238 g/mol. The second-order valence-corrected chi connectivity index (χ2v) is 4.81. The van der Waals surface area contributed by atoms with E-state index in [9.17, 15) is 9.90 Å². The first kappa shape index (κ1) is 11.6. The summed E-state index contributed by atoms with van der Waals surface area (Å²) in [4.78, 5) is 12.0. The third-order valence-corrected chi connectivity index (χ3v) is 3.71. The summed E-state index contributed by atoms with van der Waals surface area (Å²) in [5.74, 6) is 0.156.